The molecule has 0 unspecified atom stereocenters. The summed E-state index contributed by atoms with van der Waals surface area (Å²) in [6, 6.07) is 10.1. The van der Waals surface area contributed by atoms with Gasteiger partial charge in [-0.15, -0.1) is 0 Å². The highest BCUT2D eigenvalue weighted by Crippen LogP contribution is 2.25. The summed E-state index contributed by atoms with van der Waals surface area (Å²) in [4.78, 5) is 12.2. The first kappa shape index (κ1) is 13.8. The van der Waals surface area contributed by atoms with Gasteiger partial charge in [-0.25, -0.2) is 8.78 Å². The van der Waals surface area contributed by atoms with Gasteiger partial charge in [0.05, 0.1) is 17.1 Å². The van der Waals surface area contributed by atoms with Crippen molar-refractivity contribution in [3.05, 3.63) is 70.9 Å². The molecular formula is C16H10ClF2NO. The van der Waals surface area contributed by atoms with Crippen LogP contribution in [0.4, 0.5) is 8.78 Å². The maximum Gasteiger partial charge on any atom is 0.185 e. The molecule has 0 saturated heterocycles. The fraction of sp³-hybridized carbons (Fsp3) is 0.0625. The molecule has 1 aromatic heterocycles. The smallest absolute Gasteiger partial charge is 0.185 e. The highest BCUT2D eigenvalue weighted by molar-refractivity contribution is 6.35. The Kier molecular flexibility index (Phi) is 3.47. The van der Waals surface area contributed by atoms with Gasteiger partial charge in [0.15, 0.2) is 5.78 Å². The van der Waals surface area contributed by atoms with E-state index in [0.29, 0.717) is 5.02 Å². The molecule has 0 radical (unpaired) electrons. The lowest BCUT2D eigenvalue weighted by Gasteiger charge is -2.06. The van der Waals surface area contributed by atoms with E-state index in [1.54, 1.807) is 10.8 Å². The lowest BCUT2D eigenvalue weighted by atomic mass is 10.1. The number of nitrogens with zero attached hydrogens (tertiary/aromatic N) is 1. The predicted octanol–water partition coefficient (Wildman–Crippen LogP) is 4.46. The number of rotatable bonds is 3. The molecule has 0 amide bonds. The van der Waals surface area contributed by atoms with E-state index in [0.717, 1.165) is 29.1 Å². The Morgan fingerprint density at radius 1 is 1.14 bits per heavy atom. The molecule has 21 heavy (non-hydrogen) atoms. The van der Waals surface area contributed by atoms with Gasteiger partial charge in [-0.1, -0.05) is 29.8 Å². The predicted molar refractivity (Wildman–Crippen MR) is 77.6 cm³/mol. The molecule has 0 aliphatic rings. The van der Waals surface area contributed by atoms with Crippen LogP contribution in [0, 0.1) is 11.6 Å². The standard InChI is InChI=1S/C16H10ClF2NO/c17-13-8-20(15-4-2-1-3-11(13)15)9-16(21)12-7-10(18)5-6-14(12)19/h1-8H,9H2. The Hall–Kier alpha value is -2.20. The average Bonchev–Trinajstić information content (AvgIpc) is 2.78. The fourth-order valence-corrected chi connectivity index (χ4v) is 2.56. The van der Waals surface area contributed by atoms with Crippen LogP contribution in [0.3, 0.4) is 0 Å². The summed E-state index contributed by atoms with van der Waals surface area (Å²) in [5, 5.41) is 1.32. The first-order chi connectivity index (χ1) is 10.1. The highest BCUT2D eigenvalue weighted by atomic mass is 35.5. The van der Waals surface area contributed by atoms with Gasteiger partial charge in [0, 0.05) is 17.1 Å². The molecule has 2 aromatic carbocycles. The van der Waals surface area contributed by atoms with Crippen molar-refractivity contribution in [2.24, 2.45) is 0 Å². The van der Waals surface area contributed by atoms with Gasteiger partial charge < -0.3 is 4.57 Å². The van der Waals surface area contributed by atoms with Crippen LogP contribution in [0.5, 0.6) is 0 Å². The van der Waals surface area contributed by atoms with Crippen LogP contribution in [-0.4, -0.2) is 10.4 Å². The van der Waals surface area contributed by atoms with Crippen molar-refractivity contribution in [1.29, 1.82) is 0 Å². The van der Waals surface area contributed by atoms with Crippen molar-refractivity contribution in [1.82, 2.24) is 4.57 Å². The first-order valence-corrected chi connectivity index (χ1v) is 6.65. The van der Waals surface area contributed by atoms with E-state index >= 15 is 0 Å². The SMILES string of the molecule is O=C(Cn1cc(Cl)c2ccccc21)c1cc(F)ccc1F. The minimum absolute atomic E-state index is 0.104. The van der Waals surface area contributed by atoms with Gasteiger partial charge in [-0.05, 0) is 24.3 Å². The Morgan fingerprint density at radius 3 is 2.71 bits per heavy atom. The topological polar surface area (TPSA) is 22.0 Å². The number of halogens is 3. The van der Waals surface area contributed by atoms with Crippen molar-refractivity contribution in [2.45, 2.75) is 6.54 Å². The van der Waals surface area contributed by atoms with Crippen molar-refractivity contribution in [2.75, 3.05) is 0 Å². The van der Waals surface area contributed by atoms with Gasteiger partial charge in [0.1, 0.15) is 11.6 Å². The monoisotopic (exact) mass is 305 g/mol. The molecule has 0 bridgehead atoms. The molecule has 0 aliphatic heterocycles. The zero-order valence-electron chi connectivity index (χ0n) is 10.8. The Bertz CT molecular complexity index is 841. The summed E-state index contributed by atoms with van der Waals surface area (Å²) in [7, 11) is 0. The van der Waals surface area contributed by atoms with Crippen molar-refractivity contribution < 1.29 is 13.6 Å². The molecule has 106 valence electrons. The zero-order chi connectivity index (χ0) is 15.0. The maximum atomic E-state index is 13.6. The summed E-state index contributed by atoms with van der Waals surface area (Å²) >= 11 is 6.10. The Balaban J connectivity index is 1.99. The quantitative estimate of drug-likeness (QED) is 0.655. The number of hydrogen-bond donors (Lipinski definition) is 0. The number of fused-ring (bicyclic) bond motifs is 1. The average molecular weight is 306 g/mol. The van der Waals surface area contributed by atoms with Gasteiger partial charge in [-0.3, -0.25) is 4.79 Å². The normalized spacial score (nSPS) is 11.0. The van der Waals surface area contributed by atoms with Crippen LogP contribution < -0.4 is 0 Å². The van der Waals surface area contributed by atoms with Crippen molar-refractivity contribution >= 4 is 28.3 Å². The molecule has 0 atom stereocenters. The summed E-state index contributed by atoms with van der Waals surface area (Å²) in [6.45, 7) is -0.104. The van der Waals surface area contributed by atoms with Gasteiger partial charge >= 0.3 is 0 Å². The van der Waals surface area contributed by atoms with E-state index in [1.807, 2.05) is 24.3 Å². The van der Waals surface area contributed by atoms with E-state index in [1.165, 1.54) is 0 Å². The fourth-order valence-electron chi connectivity index (χ4n) is 2.28. The number of benzene rings is 2. The van der Waals surface area contributed by atoms with Crippen LogP contribution in [0.1, 0.15) is 10.4 Å². The molecule has 0 spiro atoms. The van der Waals surface area contributed by atoms with Crippen LogP contribution in [0.25, 0.3) is 10.9 Å². The van der Waals surface area contributed by atoms with E-state index in [-0.39, 0.29) is 12.1 Å². The lowest BCUT2D eigenvalue weighted by Crippen LogP contribution is -2.11. The molecule has 5 heteroatoms. The first-order valence-electron chi connectivity index (χ1n) is 6.28. The summed E-state index contributed by atoms with van der Waals surface area (Å²) in [5.41, 5.74) is 0.511. The van der Waals surface area contributed by atoms with E-state index in [9.17, 15) is 13.6 Å². The summed E-state index contributed by atoms with van der Waals surface area (Å²) < 4.78 is 28.4. The molecule has 3 rings (SSSR count). The van der Waals surface area contributed by atoms with Crippen LogP contribution in [-0.2, 0) is 6.54 Å². The number of Topliss-reactive ketones (excluding diaryl/α,β-unsaturated/α-hetero) is 1. The Morgan fingerprint density at radius 2 is 1.90 bits per heavy atom. The minimum Gasteiger partial charge on any atom is -0.338 e. The lowest BCUT2D eigenvalue weighted by molar-refractivity contribution is 0.0969. The number of carbonyl (C=O) groups is 1. The molecular weight excluding hydrogens is 296 g/mol. The molecule has 0 fully saturated rings. The van der Waals surface area contributed by atoms with Crippen LogP contribution >= 0.6 is 11.6 Å². The second-order valence-electron chi connectivity index (χ2n) is 4.67. The third kappa shape index (κ3) is 2.54. The highest BCUT2D eigenvalue weighted by Gasteiger charge is 2.15. The number of aromatic nitrogens is 1. The van der Waals surface area contributed by atoms with Crippen molar-refractivity contribution in [3.63, 3.8) is 0 Å². The second-order valence-corrected chi connectivity index (χ2v) is 5.08. The van der Waals surface area contributed by atoms with Gasteiger partial charge in [0.25, 0.3) is 0 Å². The van der Waals surface area contributed by atoms with E-state index in [2.05, 4.69) is 0 Å². The third-order valence-electron chi connectivity index (χ3n) is 3.28. The zero-order valence-corrected chi connectivity index (χ0v) is 11.6. The number of hydrogen-bond acceptors (Lipinski definition) is 1. The van der Waals surface area contributed by atoms with Gasteiger partial charge in [0.2, 0.25) is 0 Å². The number of para-hydroxylation sites is 1. The molecule has 3 aromatic rings. The van der Waals surface area contributed by atoms with Gasteiger partial charge in [-0.2, -0.15) is 0 Å². The third-order valence-corrected chi connectivity index (χ3v) is 3.58. The van der Waals surface area contributed by atoms with Crippen molar-refractivity contribution in [3.8, 4) is 0 Å². The Labute approximate surface area is 124 Å². The van der Waals surface area contributed by atoms with E-state index < -0.39 is 17.4 Å². The number of carbonyl (C=O) groups excluding carboxylic acids is 1. The molecule has 0 N–H and O–H groups in total. The van der Waals surface area contributed by atoms with Crippen LogP contribution in [0.2, 0.25) is 5.02 Å². The second kappa shape index (κ2) is 5.30. The molecule has 0 saturated carbocycles. The summed E-state index contributed by atoms with van der Waals surface area (Å²) in [5.74, 6) is -1.89. The maximum absolute atomic E-state index is 13.6. The summed E-state index contributed by atoms with van der Waals surface area (Å²) in [6.07, 6.45) is 1.61. The minimum atomic E-state index is -0.732. The molecule has 1 heterocycles. The largest absolute Gasteiger partial charge is 0.338 e. The molecule has 2 nitrogen and oxygen atoms in total. The van der Waals surface area contributed by atoms with Crippen LogP contribution in [0.15, 0.2) is 48.7 Å². The molecule has 0 aliphatic carbocycles. The number of ketones is 1. The van der Waals surface area contributed by atoms with E-state index in [4.69, 9.17) is 11.6 Å².